The summed E-state index contributed by atoms with van der Waals surface area (Å²) in [6.07, 6.45) is -1.93. The van der Waals surface area contributed by atoms with Crippen LogP contribution in [0, 0.1) is 6.57 Å². The molecule has 0 radical (unpaired) electrons. The van der Waals surface area contributed by atoms with Crippen molar-refractivity contribution >= 4 is 23.3 Å². The summed E-state index contributed by atoms with van der Waals surface area (Å²) in [7, 11) is 0. The Morgan fingerprint density at radius 2 is 2.00 bits per heavy atom. The second-order valence-corrected chi connectivity index (χ2v) is 7.94. The summed E-state index contributed by atoms with van der Waals surface area (Å²) >= 11 is 0. The maximum atomic E-state index is 13.0. The summed E-state index contributed by atoms with van der Waals surface area (Å²) in [6.45, 7) is 12.3. The van der Waals surface area contributed by atoms with Gasteiger partial charge in [0.15, 0.2) is 17.6 Å². The molecule has 1 aliphatic heterocycles. The highest BCUT2D eigenvalue weighted by molar-refractivity contribution is 6.16. The highest BCUT2D eigenvalue weighted by atomic mass is 16.6. The molecule has 0 spiro atoms. The Balaban J connectivity index is 2.13. The predicted molar refractivity (Wildman–Crippen MR) is 113 cm³/mol. The van der Waals surface area contributed by atoms with Gasteiger partial charge in [-0.2, -0.15) is 0 Å². The van der Waals surface area contributed by atoms with Crippen LogP contribution in [0.25, 0.3) is 4.85 Å². The van der Waals surface area contributed by atoms with Gasteiger partial charge in [-0.25, -0.2) is 9.64 Å². The van der Waals surface area contributed by atoms with E-state index in [1.54, 1.807) is 32.9 Å². The van der Waals surface area contributed by atoms with E-state index in [1.165, 1.54) is 0 Å². The first-order valence-corrected chi connectivity index (χ1v) is 9.52. The SMILES string of the molecule is [C-]#[N+]c1cc(CO)c2c(c1)C(c1ccccc1)=NC(NC(=O)OC(C)(C)C)C(=O)C2. The number of hydrogen-bond acceptors (Lipinski definition) is 5. The van der Waals surface area contributed by atoms with Gasteiger partial charge in [-0.05, 0) is 43.5 Å². The van der Waals surface area contributed by atoms with E-state index in [9.17, 15) is 14.7 Å². The number of aliphatic imine (C=N–C) groups is 1. The summed E-state index contributed by atoms with van der Waals surface area (Å²) < 4.78 is 5.28. The monoisotopic (exact) mass is 405 g/mol. The lowest BCUT2D eigenvalue weighted by Gasteiger charge is -2.21. The molecule has 0 saturated heterocycles. The van der Waals surface area contributed by atoms with Gasteiger partial charge in [-0.3, -0.25) is 15.1 Å². The fourth-order valence-corrected chi connectivity index (χ4v) is 3.24. The third kappa shape index (κ3) is 4.73. The molecule has 1 unspecified atom stereocenters. The van der Waals surface area contributed by atoms with Crippen molar-refractivity contribution in [2.45, 2.75) is 45.6 Å². The maximum absolute atomic E-state index is 13.0. The quantitative estimate of drug-likeness (QED) is 0.764. The zero-order chi connectivity index (χ0) is 21.9. The van der Waals surface area contributed by atoms with Crippen LogP contribution in [0.3, 0.4) is 0 Å². The molecule has 0 bridgehead atoms. The summed E-state index contributed by atoms with van der Waals surface area (Å²) in [5, 5.41) is 12.4. The number of aliphatic hydroxyl groups is 1. The number of alkyl carbamates (subject to hydrolysis) is 1. The summed E-state index contributed by atoms with van der Waals surface area (Å²) in [6, 6.07) is 12.5. The number of aliphatic hydroxyl groups excluding tert-OH is 1. The van der Waals surface area contributed by atoms with Gasteiger partial charge in [-0.1, -0.05) is 36.4 Å². The number of Topliss-reactive ketones (excluding diaryl/α,β-unsaturated/α-hetero) is 1. The molecule has 1 aliphatic rings. The zero-order valence-electron chi connectivity index (χ0n) is 17.1. The lowest BCUT2D eigenvalue weighted by Crippen LogP contribution is -2.43. The van der Waals surface area contributed by atoms with Crippen LogP contribution >= 0.6 is 0 Å². The third-order valence-corrected chi connectivity index (χ3v) is 4.50. The molecule has 0 saturated carbocycles. The van der Waals surface area contributed by atoms with Crippen molar-refractivity contribution in [3.05, 3.63) is 76.1 Å². The number of amides is 1. The highest BCUT2D eigenvalue weighted by Gasteiger charge is 2.30. The fourth-order valence-electron chi connectivity index (χ4n) is 3.24. The van der Waals surface area contributed by atoms with E-state index in [2.05, 4.69) is 15.2 Å². The van der Waals surface area contributed by atoms with E-state index in [1.807, 2.05) is 30.3 Å². The van der Waals surface area contributed by atoms with Crippen LogP contribution in [-0.2, 0) is 22.6 Å². The van der Waals surface area contributed by atoms with E-state index >= 15 is 0 Å². The van der Waals surface area contributed by atoms with Gasteiger partial charge in [-0.15, -0.1) is 0 Å². The van der Waals surface area contributed by atoms with Crippen LogP contribution in [0.1, 0.15) is 43.0 Å². The summed E-state index contributed by atoms with van der Waals surface area (Å²) in [4.78, 5) is 33.3. The number of carbonyl (C=O) groups is 2. The average molecular weight is 405 g/mol. The van der Waals surface area contributed by atoms with Gasteiger partial charge in [0.2, 0.25) is 0 Å². The molecule has 2 N–H and O–H groups in total. The van der Waals surface area contributed by atoms with Crippen LogP contribution in [0.5, 0.6) is 0 Å². The highest BCUT2D eigenvalue weighted by Crippen LogP contribution is 2.29. The maximum Gasteiger partial charge on any atom is 0.409 e. The summed E-state index contributed by atoms with van der Waals surface area (Å²) in [5.41, 5.74) is 2.52. The number of fused-ring (bicyclic) bond motifs is 1. The number of rotatable bonds is 3. The Kier molecular flexibility index (Phi) is 5.99. The van der Waals surface area contributed by atoms with Gasteiger partial charge in [0.1, 0.15) is 5.60 Å². The van der Waals surface area contributed by atoms with Gasteiger partial charge in [0.25, 0.3) is 0 Å². The molecule has 0 aromatic heterocycles. The number of benzene rings is 2. The Bertz CT molecular complexity index is 1050. The van der Waals surface area contributed by atoms with Crippen molar-refractivity contribution in [1.82, 2.24) is 5.32 Å². The van der Waals surface area contributed by atoms with Crippen molar-refractivity contribution < 1.29 is 19.4 Å². The minimum atomic E-state index is -1.15. The van der Waals surface area contributed by atoms with Crippen LogP contribution in [0.4, 0.5) is 10.5 Å². The van der Waals surface area contributed by atoms with E-state index in [0.717, 1.165) is 5.56 Å². The molecule has 2 aromatic carbocycles. The molecule has 7 nitrogen and oxygen atoms in total. The van der Waals surface area contributed by atoms with E-state index in [0.29, 0.717) is 28.1 Å². The van der Waals surface area contributed by atoms with Crippen LogP contribution in [0.15, 0.2) is 47.5 Å². The molecule has 1 atom stereocenters. The average Bonchev–Trinajstić information content (AvgIpc) is 2.83. The molecule has 154 valence electrons. The van der Waals surface area contributed by atoms with Crippen LogP contribution < -0.4 is 5.32 Å². The first-order valence-electron chi connectivity index (χ1n) is 9.52. The second-order valence-electron chi connectivity index (χ2n) is 7.94. The van der Waals surface area contributed by atoms with E-state index in [4.69, 9.17) is 11.3 Å². The number of nitrogens with zero attached hydrogens (tertiary/aromatic N) is 2. The Morgan fingerprint density at radius 3 is 2.60 bits per heavy atom. The predicted octanol–water partition coefficient (Wildman–Crippen LogP) is 3.54. The zero-order valence-corrected chi connectivity index (χ0v) is 17.1. The number of ketones is 1. The number of ether oxygens (including phenoxy) is 1. The summed E-state index contributed by atoms with van der Waals surface area (Å²) in [5.74, 6) is -0.335. The van der Waals surface area contributed by atoms with Crippen molar-refractivity contribution in [1.29, 1.82) is 0 Å². The molecule has 0 fully saturated rings. The van der Waals surface area contributed by atoms with E-state index in [-0.39, 0.29) is 18.8 Å². The van der Waals surface area contributed by atoms with Crippen LogP contribution in [0.2, 0.25) is 0 Å². The number of hydrogen-bond donors (Lipinski definition) is 2. The molecule has 0 aliphatic carbocycles. The largest absolute Gasteiger partial charge is 0.444 e. The smallest absolute Gasteiger partial charge is 0.409 e. The molecular formula is C23H23N3O4. The standard InChI is InChI=1S/C23H23N3O4/c1-23(2,3)30-22(29)26-21-19(28)12-17-15(13-27)10-16(24-4)11-18(17)20(25-21)14-8-6-5-7-9-14/h5-11,21,27H,12-13H2,1-3H3,(H,26,29). The number of nitrogens with one attached hydrogen (secondary N) is 1. The minimum Gasteiger partial charge on any atom is -0.444 e. The third-order valence-electron chi connectivity index (χ3n) is 4.50. The lowest BCUT2D eigenvalue weighted by molar-refractivity contribution is -0.120. The topological polar surface area (TPSA) is 92.4 Å². The van der Waals surface area contributed by atoms with Crippen LogP contribution in [-0.4, -0.2) is 34.5 Å². The van der Waals surface area contributed by atoms with Crippen molar-refractivity contribution in [2.24, 2.45) is 4.99 Å². The Morgan fingerprint density at radius 1 is 1.30 bits per heavy atom. The molecule has 3 rings (SSSR count). The number of carbonyl (C=O) groups excluding carboxylic acids is 2. The second kappa shape index (κ2) is 8.47. The van der Waals surface area contributed by atoms with Gasteiger partial charge < -0.3 is 9.84 Å². The molecule has 1 heterocycles. The van der Waals surface area contributed by atoms with Crippen molar-refractivity contribution in [3.63, 3.8) is 0 Å². The first-order chi connectivity index (χ1) is 14.2. The van der Waals surface area contributed by atoms with Gasteiger partial charge in [0, 0.05) is 12.0 Å². The molecule has 1 amide bonds. The first kappa shape index (κ1) is 21.2. The molecule has 2 aromatic rings. The normalized spacial score (nSPS) is 16.0. The van der Waals surface area contributed by atoms with E-state index < -0.39 is 17.9 Å². The molecule has 30 heavy (non-hydrogen) atoms. The minimum absolute atomic E-state index is 0.0379. The van der Waals surface area contributed by atoms with Crippen molar-refractivity contribution in [3.8, 4) is 0 Å². The lowest BCUT2D eigenvalue weighted by atomic mass is 9.91. The van der Waals surface area contributed by atoms with Gasteiger partial charge >= 0.3 is 6.09 Å². The Hall–Kier alpha value is -3.50. The Labute approximate surface area is 175 Å². The fraction of sp³-hybridized carbons (Fsp3) is 0.304. The molecule has 7 heteroatoms. The van der Waals surface area contributed by atoms with Crippen molar-refractivity contribution in [2.75, 3.05) is 0 Å². The molecular weight excluding hydrogens is 382 g/mol. The van der Waals surface area contributed by atoms with Gasteiger partial charge in [0.05, 0.1) is 18.9 Å².